The third-order valence-corrected chi connectivity index (χ3v) is 6.54. The minimum atomic E-state index is 0. The van der Waals surface area contributed by atoms with Crippen LogP contribution in [0.5, 0.6) is 11.5 Å². The Bertz CT molecular complexity index is 923. The average molecular weight is 565 g/mol. The fraction of sp³-hybridized carbons (Fsp3) is 0.500. The Morgan fingerprint density at radius 2 is 1.94 bits per heavy atom. The van der Waals surface area contributed by atoms with Crippen LogP contribution in [-0.4, -0.2) is 46.5 Å². The second-order valence-electron chi connectivity index (χ2n) is 8.94. The van der Waals surface area contributed by atoms with E-state index in [1.807, 2.05) is 19.2 Å². The summed E-state index contributed by atoms with van der Waals surface area (Å²) in [6, 6.07) is 14.8. The van der Waals surface area contributed by atoms with Crippen molar-refractivity contribution in [3.63, 3.8) is 0 Å². The van der Waals surface area contributed by atoms with Crippen LogP contribution in [-0.2, 0) is 16.7 Å². The lowest BCUT2D eigenvalue weighted by Crippen LogP contribution is -2.41. The number of halogens is 1. The first-order valence-electron chi connectivity index (χ1n) is 11.5. The maximum absolute atomic E-state index is 6.18. The fourth-order valence-electron chi connectivity index (χ4n) is 4.18. The average Bonchev–Trinajstić information content (AvgIpc) is 3.43. The Labute approximate surface area is 214 Å². The molecule has 2 aromatic rings. The van der Waals surface area contributed by atoms with Crippen molar-refractivity contribution >= 4 is 29.9 Å². The predicted molar refractivity (Wildman–Crippen MR) is 143 cm³/mol. The molecule has 0 bridgehead atoms. The van der Waals surface area contributed by atoms with Gasteiger partial charge >= 0.3 is 0 Å². The standard InChI is InChI=1S/C26H35N3O3.HI/c1-19-4-5-21(24(14-19)32-17-20-10-13-31-16-20)15-28-25(27-2)29-18-26(11-12-26)22-6-8-23(30-3)9-7-22;/h4-9,14,20H,10-13,15-18H2,1-3H3,(H2,27,28,29);1H. The molecule has 4 rings (SSSR count). The van der Waals surface area contributed by atoms with Crippen LogP contribution in [0.1, 0.15) is 36.0 Å². The van der Waals surface area contributed by atoms with Gasteiger partial charge in [0.15, 0.2) is 5.96 Å². The van der Waals surface area contributed by atoms with Crippen LogP contribution < -0.4 is 20.1 Å². The number of aryl methyl sites for hydroxylation is 1. The molecule has 0 amide bonds. The van der Waals surface area contributed by atoms with Gasteiger partial charge in [-0.2, -0.15) is 0 Å². The summed E-state index contributed by atoms with van der Waals surface area (Å²) in [5, 5.41) is 6.99. The second kappa shape index (κ2) is 11.9. The van der Waals surface area contributed by atoms with Crippen LogP contribution in [0, 0.1) is 12.8 Å². The SMILES string of the molecule is CN=C(NCc1ccc(C)cc1OCC1CCOC1)NCC1(c2ccc(OC)cc2)CC1.I. The lowest BCUT2D eigenvalue weighted by molar-refractivity contribution is 0.166. The Morgan fingerprint density at radius 3 is 2.58 bits per heavy atom. The van der Waals surface area contributed by atoms with Crippen molar-refractivity contribution in [1.82, 2.24) is 10.6 Å². The van der Waals surface area contributed by atoms with Gasteiger partial charge in [-0.15, -0.1) is 24.0 Å². The molecule has 6 nitrogen and oxygen atoms in total. The van der Waals surface area contributed by atoms with Crippen molar-refractivity contribution in [2.75, 3.05) is 40.5 Å². The van der Waals surface area contributed by atoms with Gasteiger partial charge in [0.25, 0.3) is 0 Å². The summed E-state index contributed by atoms with van der Waals surface area (Å²) in [7, 11) is 3.52. The number of hydrogen-bond acceptors (Lipinski definition) is 4. The smallest absolute Gasteiger partial charge is 0.191 e. The minimum absolute atomic E-state index is 0. The van der Waals surface area contributed by atoms with Gasteiger partial charge in [0.2, 0.25) is 0 Å². The van der Waals surface area contributed by atoms with E-state index in [-0.39, 0.29) is 29.4 Å². The first-order chi connectivity index (χ1) is 15.6. The van der Waals surface area contributed by atoms with Gasteiger partial charge in [-0.05, 0) is 55.5 Å². The molecule has 180 valence electrons. The number of hydrogen-bond donors (Lipinski definition) is 2. The fourth-order valence-corrected chi connectivity index (χ4v) is 4.18. The molecule has 2 fully saturated rings. The van der Waals surface area contributed by atoms with Gasteiger partial charge in [-0.3, -0.25) is 4.99 Å². The van der Waals surface area contributed by atoms with E-state index in [9.17, 15) is 0 Å². The number of ether oxygens (including phenoxy) is 3. The van der Waals surface area contributed by atoms with Crippen molar-refractivity contribution in [3.05, 3.63) is 59.2 Å². The number of guanidine groups is 1. The van der Waals surface area contributed by atoms with E-state index in [0.717, 1.165) is 49.2 Å². The normalized spacial score (nSPS) is 18.9. The number of benzene rings is 2. The van der Waals surface area contributed by atoms with Crippen LogP contribution in [0.2, 0.25) is 0 Å². The van der Waals surface area contributed by atoms with Crippen LogP contribution in [0.15, 0.2) is 47.5 Å². The molecule has 0 aromatic heterocycles. The highest BCUT2D eigenvalue weighted by Gasteiger charge is 2.44. The van der Waals surface area contributed by atoms with Gasteiger partial charge in [-0.1, -0.05) is 24.3 Å². The Morgan fingerprint density at radius 1 is 1.15 bits per heavy atom. The molecule has 1 heterocycles. The summed E-state index contributed by atoms with van der Waals surface area (Å²) in [4.78, 5) is 4.43. The number of nitrogens with one attached hydrogen (secondary N) is 2. The molecule has 7 heteroatoms. The zero-order valence-electron chi connectivity index (χ0n) is 19.9. The maximum Gasteiger partial charge on any atom is 0.191 e. The molecule has 1 aliphatic carbocycles. The maximum atomic E-state index is 6.18. The highest BCUT2D eigenvalue weighted by Crippen LogP contribution is 2.47. The molecular formula is C26H36IN3O3. The van der Waals surface area contributed by atoms with E-state index >= 15 is 0 Å². The lowest BCUT2D eigenvalue weighted by Gasteiger charge is -2.20. The van der Waals surface area contributed by atoms with E-state index < -0.39 is 0 Å². The molecular weight excluding hydrogens is 529 g/mol. The Balaban J connectivity index is 0.00000306. The van der Waals surface area contributed by atoms with Crippen LogP contribution in [0.3, 0.4) is 0 Å². The molecule has 1 saturated carbocycles. The summed E-state index contributed by atoms with van der Waals surface area (Å²) in [6.45, 7) is 5.96. The Kier molecular flexibility index (Phi) is 9.26. The molecule has 33 heavy (non-hydrogen) atoms. The van der Waals surface area contributed by atoms with Crippen LogP contribution in [0.25, 0.3) is 0 Å². The van der Waals surface area contributed by atoms with Crippen LogP contribution >= 0.6 is 24.0 Å². The highest BCUT2D eigenvalue weighted by atomic mass is 127. The molecule has 0 radical (unpaired) electrons. The lowest BCUT2D eigenvalue weighted by atomic mass is 9.96. The molecule has 1 unspecified atom stereocenters. The first-order valence-corrected chi connectivity index (χ1v) is 11.5. The summed E-state index contributed by atoms with van der Waals surface area (Å²) in [5.41, 5.74) is 3.87. The van der Waals surface area contributed by atoms with Gasteiger partial charge in [0.1, 0.15) is 11.5 Å². The van der Waals surface area contributed by atoms with Crippen molar-refractivity contribution < 1.29 is 14.2 Å². The molecule has 1 aliphatic heterocycles. The highest BCUT2D eigenvalue weighted by molar-refractivity contribution is 14.0. The quantitative estimate of drug-likeness (QED) is 0.268. The summed E-state index contributed by atoms with van der Waals surface area (Å²) in [5.74, 6) is 3.13. The minimum Gasteiger partial charge on any atom is -0.497 e. The molecule has 0 spiro atoms. The second-order valence-corrected chi connectivity index (χ2v) is 8.94. The summed E-state index contributed by atoms with van der Waals surface area (Å²) >= 11 is 0. The summed E-state index contributed by atoms with van der Waals surface area (Å²) in [6.07, 6.45) is 3.44. The predicted octanol–water partition coefficient (Wildman–Crippen LogP) is 4.43. The third kappa shape index (κ3) is 6.76. The number of methoxy groups -OCH3 is 1. The van der Waals surface area contributed by atoms with Crippen molar-refractivity contribution in [2.24, 2.45) is 10.9 Å². The molecule has 2 aromatic carbocycles. The van der Waals surface area contributed by atoms with E-state index in [1.54, 1.807) is 7.11 Å². The zero-order valence-corrected chi connectivity index (χ0v) is 22.2. The van der Waals surface area contributed by atoms with Crippen molar-refractivity contribution in [2.45, 2.75) is 38.1 Å². The number of nitrogens with zero attached hydrogens (tertiary/aromatic N) is 1. The van der Waals surface area contributed by atoms with E-state index in [0.29, 0.717) is 19.1 Å². The van der Waals surface area contributed by atoms with Gasteiger partial charge < -0.3 is 24.8 Å². The van der Waals surface area contributed by atoms with E-state index in [2.05, 4.69) is 52.9 Å². The topological polar surface area (TPSA) is 64.1 Å². The first kappa shape index (κ1) is 25.6. The van der Waals surface area contributed by atoms with Gasteiger partial charge in [0.05, 0.1) is 20.3 Å². The van der Waals surface area contributed by atoms with Gasteiger partial charge in [-0.25, -0.2) is 0 Å². The molecule has 1 saturated heterocycles. The number of rotatable bonds is 9. The van der Waals surface area contributed by atoms with E-state index in [1.165, 1.54) is 24.0 Å². The Hall–Kier alpha value is -2.00. The number of aliphatic imine (C=N–C) groups is 1. The molecule has 2 N–H and O–H groups in total. The van der Waals surface area contributed by atoms with Crippen molar-refractivity contribution in [1.29, 1.82) is 0 Å². The largest absolute Gasteiger partial charge is 0.497 e. The molecule has 2 aliphatic rings. The van der Waals surface area contributed by atoms with Gasteiger partial charge in [0, 0.05) is 43.6 Å². The van der Waals surface area contributed by atoms with Crippen LogP contribution in [0.4, 0.5) is 0 Å². The zero-order chi connectivity index (χ0) is 22.4. The third-order valence-electron chi connectivity index (χ3n) is 6.54. The monoisotopic (exact) mass is 565 g/mol. The summed E-state index contributed by atoms with van der Waals surface area (Å²) < 4.78 is 16.9. The van der Waals surface area contributed by atoms with Crippen molar-refractivity contribution in [3.8, 4) is 11.5 Å². The molecule has 1 atom stereocenters. The van der Waals surface area contributed by atoms with E-state index in [4.69, 9.17) is 14.2 Å².